The number of nitrogens with one attached hydrogen (secondary N) is 1. The van der Waals surface area contributed by atoms with Crippen molar-refractivity contribution < 1.29 is 18.8 Å². The molecular weight excluding hydrogens is 474 g/mol. The Morgan fingerprint density at radius 1 is 0.974 bits per heavy atom. The Morgan fingerprint density at radius 2 is 1.61 bits per heavy atom. The SMILES string of the molecule is CCCCCCCCCCCCCC(=O)NCCC[N+](C)(C)Cc1cnc(C)c2c1COC(C)(CCC)O2. The Balaban J connectivity index is 1.62. The lowest BCUT2D eigenvalue weighted by Gasteiger charge is -2.38. The van der Waals surface area contributed by atoms with Crippen molar-refractivity contribution in [3.8, 4) is 5.75 Å². The maximum atomic E-state index is 12.3. The minimum atomic E-state index is -0.567. The molecule has 0 spiro atoms. The van der Waals surface area contributed by atoms with Crippen LogP contribution in [0.15, 0.2) is 6.20 Å². The highest BCUT2D eigenvalue weighted by atomic mass is 16.7. The number of aromatic nitrogens is 1. The van der Waals surface area contributed by atoms with E-state index >= 15 is 0 Å². The largest absolute Gasteiger partial charge is 0.460 e. The van der Waals surface area contributed by atoms with Gasteiger partial charge < -0.3 is 19.3 Å². The normalized spacial score (nSPS) is 17.2. The molecule has 0 fully saturated rings. The molecule has 0 saturated carbocycles. The van der Waals surface area contributed by atoms with E-state index in [2.05, 4.69) is 38.2 Å². The lowest BCUT2D eigenvalue weighted by atomic mass is 10.0. The van der Waals surface area contributed by atoms with E-state index in [-0.39, 0.29) is 5.91 Å². The Morgan fingerprint density at radius 3 is 2.24 bits per heavy atom. The lowest BCUT2D eigenvalue weighted by molar-refractivity contribution is -0.903. The Hall–Kier alpha value is -1.66. The second-order valence-corrected chi connectivity index (χ2v) is 12.3. The van der Waals surface area contributed by atoms with Crippen LogP contribution in [0, 0.1) is 6.92 Å². The molecule has 0 radical (unpaired) electrons. The van der Waals surface area contributed by atoms with Gasteiger partial charge in [0.1, 0.15) is 12.3 Å². The van der Waals surface area contributed by atoms with Crippen LogP contribution in [0.3, 0.4) is 0 Å². The summed E-state index contributed by atoms with van der Waals surface area (Å²) in [7, 11) is 4.48. The highest BCUT2D eigenvalue weighted by Crippen LogP contribution is 2.37. The van der Waals surface area contributed by atoms with Gasteiger partial charge in [0.25, 0.3) is 0 Å². The summed E-state index contributed by atoms with van der Waals surface area (Å²) in [6, 6.07) is 0. The maximum absolute atomic E-state index is 12.3. The summed E-state index contributed by atoms with van der Waals surface area (Å²) in [5.74, 6) is 0.537. The Kier molecular flexibility index (Phi) is 14.7. The van der Waals surface area contributed by atoms with Crippen molar-refractivity contribution in [3.05, 3.63) is 23.0 Å². The number of amides is 1. The molecule has 0 aromatic carbocycles. The highest BCUT2D eigenvalue weighted by molar-refractivity contribution is 5.75. The monoisotopic (exact) mass is 532 g/mol. The van der Waals surface area contributed by atoms with Gasteiger partial charge in [-0.25, -0.2) is 0 Å². The van der Waals surface area contributed by atoms with Crippen molar-refractivity contribution in [1.82, 2.24) is 10.3 Å². The van der Waals surface area contributed by atoms with Crippen LogP contribution in [0.5, 0.6) is 5.75 Å². The number of nitrogens with zero attached hydrogens (tertiary/aromatic N) is 2. The molecule has 6 heteroatoms. The van der Waals surface area contributed by atoms with Crippen molar-refractivity contribution in [2.24, 2.45) is 0 Å². The quantitative estimate of drug-likeness (QED) is 0.139. The third-order valence-electron chi connectivity index (χ3n) is 7.82. The van der Waals surface area contributed by atoms with E-state index < -0.39 is 5.79 Å². The molecule has 38 heavy (non-hydrogen) atoms. The first kappa shape index (κ1) is 32.6. The first-order chi connectivity index (χ1) is 18.2. The first-order valence-electron chi connectivity index (χ1n) is 15.6. The molecule has 1 aliphatic rings. The highest BCUT2D eigenvalue weighted by Gasteiger charge is 2.35. The average molecular weight is 533 g/mol. The summed E-state index contributed by atoms with van der Waals surface area (Å²) < 4.78 is 13.3. The van der Waals surface area contributed by atoms with Crippen molar-refractivity contribution >= 4 is 5.91 Å². The van der Waals surface area contributed by atoms with Crippen LogP contribution in [0.4, 0.5) is 0 Å². The third kappa shape index (κ3) is 12.0. The predicted molar refractivity (Wildman–Crippen MR) is 157 cm³/mol. The number of ether oxygens (including phenoxy) is 2. The molecule has 1 aromatic heterocycles. The summed E-state index contributed by atoms with van der Waals surface area (Å²) >= 11 is 0. The number of pyridine rings is 1. The summed E-state index contributed by atoms with van der Waals surface area (Å²) in [6.07, 6.45) is 19.9. The van der Waals surface area contributed by atoms with E-state index in [1.165, 1.54) is 69.8 Å². The van der Waals surface area contributed by atoms with Gasteiger partial charge in [-0.15, -0.1) is 0 Å². The van der Waals surface area contributed by atoms with Crippen molar-refractivity contribution in [2.75, 3.05) is 27.2 Å². The molecule has 1 aliphatic heterocycles. The molecule has 0 aliphatic carbocycles. The van der Waals surface area contributed by atoms with Gasteiger partial charge in [0, 0.05) is 50.1 Å². The molecule has 1 atom stereocenters. The molecule has 0 bridgehead atoms. The smallest absolute Gasteiger partial charge is 0.219 e. The number of hydrogen-bond donors (Lipinski definition) is 1. The lowest BCUT2D eigenvalue weighted by Crippen LogP contribution is -2.42. The van der Waals surface area contributed by atoms with E-state index in [1.54, 1.807) is 0 Å². The van der Waals surface area contributed by atoms with Crippen LogP contribution in [-0.2, 0) is 22.7 Å². The van der Waals surface area contributed by atoms with Gasteiger partial charge in [0.2, 0.25) is 11.7 Å². The maximum Gasteiger partial charge on any atom is 0.219 e. The van der Waals surface area contributed by atoms with Gasteiger partial charge in [-0.05, 0) is 19.8 Å². The van der Waals surface area contributed by atoms with Crippen LogP contribution in [-0.4, -0.2) is 48.3 Å². The van der Waals surface area contributed by atoms with E-state index in [1.807, 2.05) is 20.0 Å². The summed E-state index contributed by atoms with van der Waals surface area (Å²) in [5.41, 5.74) is 3.26. The number of unbranched alkanes of at least 4 members (excludes halogenated alkanes) is 10. The zero-order valence-electron chi connectivity index (χ0n) is 25.6. The predicted octanol–water partition coefficient (Wildman–Crippen LogP) is 7.60. The number of quaternary nitrogens is 1. The zero-order chi connectivity index (χ0) is 27.9. The standard InChI is InChI=1S/C32H57N3O3/c1-7-9-10-11-12-13-14-15-16-17-18-20-30(36)33-22-19-23-35(5,6)25-28-24-34-27(3)31-29(28)26-37-32(4,38-31)21-8-2/h24H,7-23,25-26H2,1-6H3/p+1. The molecule has 2 heterocycles. The van der Waals surface area contributed by atoms with Gasteiger partial charge in [0.15, 0.2) is 0 Å². The van der Waals surface area contributed by atoms with Crippen LogP contribution in [0.1, 0.15) is 134 Å². The molecular formula is C32H58N3O3+. The molecule has 6 nitrogen and oxygen atoms in total. The van der Waals surface area contributed by atoms with Crippen LogP contribution >= 0.6 is 0 Å². The summed E-state index contributed by atoms with van der Waals surface area (Å²) in [5, 5.41) is 3.13. The van der Waals surface area contributed by atoms with Gasteiger partial charge in [0.05, 0.1) is 32.9 Å². The number of fused-ring (bicyclic) bond motifs is 1. The molecule has 218 valence electrons. The molecule has 1 aromatic rings. The van der Waals surface area contributed by atoms with Crippen molar-refractivity contribution in [2.45, 2.75) is 143 Å². The van der Waals surface area contributed by atoms with E-state index in [9.17, 15) is 4.79 Å². The van der Waals surface area contributed by atoms with Crippen molar-refractivity contribution in [1.29, 1.82) is 0 Å². The minimum absolute atomic E-state index is 0.201. The fourth-order valence-corrected chi connectivity index (χ4v) is 5.47. The first-order valence-corrected chi connectivity index (χ1v) is 15.6. The van der Waals surface area contributed by atoms with E-state index in [4.69, 9.17) is 9.47 Å². The molecule has 1 unspecified atom stereocenters. The second-order valence-electron chi connectivity index (χ2n) is 12.3. The van der Waals surface area contributed by atoms with Gasteiger partial charge in [-0.1, -0.05) is 78.1 Å². The minimum Gasteiger partial charge on any atom is -0.460 e. The molecule has 2 rings (SSSR count). The summed E-state index contributed by atoms with van der Waals surface area (Å²) in [4.78, 5) is 16.9. The number of carbonyl (C=O) groups excluding carboxylic acids is 1. The summed E-state index contributed by atoms with van der Waals surface area (Å²) in [6.45, 7) is 11.6. The number of hydrogen-bond acceptors (Lipinski definition) is 4. The number of rotatable bonds is 20. The third-order valence-corrected chi connectivity index (χ3v) is 7.82. The fraction of sp³-hybridized carbons (Fsp3) is 0.812. The molecule has 1 N–H and O–H groups in total. The average Bonchev–Trinajstić information content (AvgIpc) is 2.87. The van der Waals surface area contributed by atoms with Crippen molar-refractivity contribution in [3.63, 3.8) is 0 Å². The number of carbonyl (C=O) groups is 1. The van der Waals surface area contributed by atoms with Crippen LogP contribution in [0.2, 0.25) is 0 Å². The Labute approximate surface area is 233 Å². The van der Waals surface area contributed by atoms with Gasteiger partial charge in [-0.3, -0.25) is 9.78 Å². The topological polar surface area (TPSA) is 60.5 Å². The van der Waals surface area contributed by atoms with Gasteiger partial charge in [-0.2, -0.15) is 0 Å². The number of aryl methyl sites for hydroxylation is 1. The fourth-order valence-electron chi connectivity index (χ4n) is 5.47. The second kappa shape index (κ2) is 17.1. The van der Waals surface area contributed by atoms with E-state index in [0.29, 0.717) is 13.0 Å². The van der Waals surface area contributed by atoms with E-state index in [0.717, 1.165) is 66.8 Å². The molecule has 1 amide bonds. The van der Waals surface area contributed by atoms with Crippen LogP contribution in [0.25, 0.3) is 0 Å². The van der Waals surface area contributed by atoms with Crippen LogP contribution < -0.4 is 10.1 Å². The van der Waals surface area contributed by atoms with Gasteiger partial charge >= 0.3 is 0 Å². The zero-order valence-corrected chi connectivity index (χ0v) is 25.6. The molecule has 0 saturated heterocycles. The Bertz CT molecular complexity index is 826.